The molecule has 0 aromatic heterocycles. The lowest BCUT2D eigenvalue weighted by Crippen LogP contribution is -2.33. The Hall–Kier alpha value is -2.07. The maximum atomic E-state index is 12.4. The lowest BCUT2D eigenvalue weighted by atomic mass is 9.80. The highest BCUT2D eigenvalue weighted by molar-refractivity contribution is 9.10. The minimum absolute atomic E-state index is 0.213. The van der Waals surface area contributed by atoms with Crippen molar-refractivity contribution < 1.29 is 9.53 Å². The highest BCUT2D eigenvalue weighted by Gasteiger charge is 2.39. The molecule has 0 unspecified atom stereocenters. The second kappa shape index (κ2) is 7.22. The summed E-state index contributed by atoms with van der Waals surface area (Å²) in [6, 6.07) is 17.9. The van der Waals surface area contributed by atoms with Gasteiger partial charge in [0, 0.05) is 23.0 Å². The Bertz CT molecular complexity index is 731. The molecule has 1 saturated heterocycles. The maximum absolute atomic E-state index is 12.4. The molecule has 0 aliphatic carbocycles. The highest BCUT2D eigenvalue weighted by Crippen LogP contribution is 2.37. The van der Waals surface area contributed by atoms with Crippen molar-refractivity contribution in [2.24, 2.45) is 0 Å². The number of nitrogens with zero attached hydrogens (tertiary/aromatic N) is 1. The van der Waals surface area contributed by atoms with Crippen LogP contribution in [-0.2, 0) is 16.8 Å². The lowest BCUT2D eigenvalue weighted by molar-refractivity contribution is 0.103. The number of amides is 1. The van der Waals surface area contributed by atoms with Gasteiger partial charge in [-0.25, -0.2) is 4.79 Å². The second-order valence-electron chi connectivity index (χ2n) is 6.08. The number of hydrogen-bond donors (Lipinski definition) is 0. The van der Waals surface area contributed by atoms with Crippen LogP contribution in [0.4, 0.5) is 4.79 Å². The van der Waals surface area contributed by atoms with Crippen molar-refractivity contribution in [2.45, 2.75) is 18.4 Å². The Labute approximate surface area is 151 Å². The topological polar surface area (TPSA) is 29.5 Å². The third kappa shape index (κ3) is 3.54. The van der Waals surface area contributed by atoms with Crippen LogP contribution in [0.15, 0.2) is 71.7 Å². The molecule has 0 bridgehead atoms. The molecule has 1 amide bonds. The van der Waals surface area contributed by atoms with Crippen molar-refractivity contribution in [2.75, 3.05) is 13.1 Å². The van der Waals surface area contributed by atoms with E-state index in [1.165, 1.54) is 5.56 Å². The summed E-state index contributed by atoms with van der Waals surface area (Å²) in [6.45, 7) is 5.58. The van der Waals surface area contributed by atoms with Gasteiger partial charge in [-0.3, -0.25) is 0 Å². The number of rotatable bonds is 4. The predicted molar refractivity (Wildman–Crippen MR) is 98.8 cm³/mol. The van der Waals surface area contributed by atoms with Gasteiger partial charge in [-0.2, -0.15) is 0 Å². The van der Waals surface area contributed by atoms with E-state index in [1.807, 2.05) is 48.5 Å². The second-order valence-corrected chi connectivity index (χ2v) is 7.00. The summed E-state index contributed by atoms with van der Waals surface area (Å²) in [5, 5.41) is 0. The average molecular weight is 386 g/mol. The summed E-state index contributed by atoms with van der Waals surface area (Å²) >= 11 is 3.52. The molecule has 2 aromatic carbocycles. The molecular weight excluding hydrogens is 366 g/mol. The largest absolute Gasteiger partial charge is 0.445 e. The van der Waals surface area contributed by atoms with Gasteiger partial charge in [0.15, 0.2) is 0 Å². The Morgan fingerprint density at radius 1 is 1.25 bits per heavy atom. The normalized spacial score (nSPS) is 20.0. The van der Waals surface area contributed by atoms with E-state index in [-0.39, 0.29) is 11.5 Å². The summed E-state index contributed by atoms with van der Waals surface area (Å²) in [5.74, 6) is 0. The number of carbonyl (C=O) groups is 1. The average Bonchev–Trinajstić information content (AvgIpc) is 3.07. The van der Waals surface area contributed by atoms with E-state index in [9.17, 15) is 4.79 Å². The molecule has 1 fully saturated rings. The highest BCUT2D eigenvalue weighted by atomic mass is 79.9. The minimum atomic E-state index is -0.266. The van der Waals surface area contributed by atoms with Crippen molar-refractivity contribution in [3.8, 4) is 0 Å². The summed E-state index contributed by atoms with van der Waals surface area (Å²) in [4.78, 5) is 14.2. The van der Waals surface area contributed by atoms with Gasteiger partial charge in [0.2, 0.25) is 0 Å². The van der Waals surface area contributed by atoms with Crippen molar-refractivity contribution in [3.63, 3.8) is 0 Å². The summed E-state index contributed by atoms with van der Waals surface area (Å²) in [6.07, 6.45) is 2.55. The summed E-state index contributed by atoms with van der Waals surface area (Å²) in [5.41, 5.74) is 1.95. The molecule has 1 aliphatic heterocycles. The van der Waals surface area contributed by atoms with E-state index in [1.54, 1.807) is 4.90 Å². The number of ether oxygens (including phenoxy) is 1. The Kier molecular flexibility index (Phi) is 5.05. The van der Waals surface area contributed by atoms with Crippen LogP contribution in [0.2, 0.25) is 0 Å². The first-order chi connectivity index (χ1) is 11.6. The molecule has 0 spiro atoms. The molecule has 4 heteroatoms. The fourth-order valence-corrected chi connectivity index (χ4v) is 3.52. The predicted octanol–water partition coefficient (Wildman–Crippen LogP) is 4.92. The molecule has 3 rings (SSSR count). The molecule has 0 radical (unpaired) electrons. The SMILES string of the molecule is C=C[C@]1(c2cccc(Br)c2)CCN(C(=O)OCc2ccccc2)C1. The maximum Gasteiger partial charge on any atom is 0.410 e. The standard InChI is InChI=1S/C20H20BrNO2/c1-2-20(17-9-6-10-18(21)13-17)11-12-22(15-20)19(23)24-14-16-7-4-3-5-8-16/h2-10,13H,1,11-12,14-15H2/t20-/m0/s1. The Balaban J connectivity index is 1.67. The molecule has 24 heavy (non-hydrogen) atoms. The first-order valence-electron chi connectivity index (χ1n) is 7.98. The Morgan fingerprint density at radius 2 is 2.04 bits per heavy atom. The third-order valence-corrected chi connectivity index (χ3v) is 5.05. The van der Waals surface area contributed by atoms with Gasteiger partial charge in [0.1, 0.15) is 6.61 Å². The fraction of sp³-hybridized carbons (Fsp3) is 0.250. The molecule has 1 aliphatic rings. The van der Waals surface area contributed by atoms with Crippen LogP contribution >= 0.6 is 15.9 Å². The number of benzene rings is 2. The molecule has 0 N–H and O–H groups in total. The number of likely N-dealkylation sites (tertiary alicyclic amines) is 1. The van der Waals surface area contributed by atoms with Crippen LogP contribution < -0.4 is 0 Å². The van der Waals surface area contributed by atoms with Crippen molar-refractivity contribution in [3.05, 3.63) is 82.9 Å². The third-order valence-electron chi connectivity index (χ3n) is 4.55. The zero-order valence-electron chi connectivity index (χ0n) is 13.5. The molecule has 1 heterocycles. The molecule has 2 aromatic rings. The van der Waals surface area contributed by atoms with E-state index >= 15 is 0 Å². The van der Waals surface area contributed by atoms with Gasteiger partial charge in [0.25, 0.3) is 0 Å². The molecule has 3 nitrogen and oxygen atoms in total. The zero-order chi connectivity index (χ0) is 17.0. The quantitative estimate of drug-likeness (QED) is 0.699. The fourth-order valence-electron chi connectivity index (χ4n) is 3.12. The van der Waals surface area contributed by atoms with Gasteiger partial charge in [-0.05, 0) is 29.7 Å². The monoisotopic (exact) mass is 385 g/mol. The number of carbonyl (C=O) groups excluding carboxylic acids is 1. The van der Waals surface area contributed by atoms with Crippen molar-refractivity contribution in [1.29, 1.82) is 0 Å². The Morgan fingerprint density at radius 3 is 2.75 bits per heavy atom. The summed E-state index contributed by atoms with van der Waals surface area (Å²) < 4.78 is 6.49. The summed E-state index contributed by atoms with van der Waals surface area (Å²) in [7, 11) is 0. The first kappa shape index (κ1) is 16.8. The van der Waals surface area contributed by atoms with Crippen LogP contribution in [-0.4, -0.2) is 24.1 Å². The van der Waals surface area contributed by atoms with Crippen LogP contribution in [0.25, 0.3) is 0 Å². The smallest absolute Gasteiger partial charge is 0.410 e. The van der Waals surface area contributed by atoms with E-state index in [0.717, 1.165) is 16.5 Å². The first-order valence-corrected chi connectivity index (χ1v) is 8.77. The molecule has 0 saturated carbocycles. The van der Waals surface area contributed by atoms with Crippen molar-refractivity contribution >= 4 is 22.0 Å². The van der Waals surface area contributed by atoms with Gasteiger partial charge in [0.05, 0.1) is 0 Å². The van der Waals surface area contributed by atoms with E-state index in [2.05, 4.69) is 34.6 Å². The van der Waals surface area contributed by atoms with E-state index in [4.69, 9.17) is 4.74 Å². The number of hydrogen-bond acceptors (Lipinski definition) is 2. The van der Waals surface area contributed by atoms with Gasteiger partial charge in [-0.15, -0.1) is 6.58 Å². The molecule has 124 valence electrons. The van der Waals surface area contributed by atoms with E-state index < -0.39 is 0 Å². The lowest BCUT2D eigenvalue weighted by Gasteiger charge is -2.26. The number of halogens is 1. The van der Waals surface area contributed by atoms with E-state index in [0.29, 0.717) is 19.7 Å². The van der Waals surface area contributed by atoms with Crippen LogP contribution in [0.1, 0.15) is 17.5 Å². The van der Waals surface area contributed by atoms with Crippen LogP contribution in [0, 0.1) is 0 Å². The zero-order valence-corrected chi connectivity index (χ0v) is 15.0. The molecule has 1 atom stereocenters. The van der Waals surface area contributed by atoms with Crippen molar-refractivity contribution in [1.82, 2.24) is 4.90 Å². The van der Waals surface area contributed by atoms with Gasteiger partial charge >= 0.3 is 6.09 Å². The van der Waals surface area contributed by atoms with Gasteiger partial charge in [-0.1, -0.05) is 64.5 Å². The van der Waals surface area contributed by atoms with Gasteiger partial charge < -0.3 is 9.64 Å². The van der Waals surface area contributed by atoms with Crippen LogP contribution in [0.5, 0.6) is 0 Å². The minimum Gasteiger partial charge on any atom is -0.445 e. The van der Waals surface area contributed by atoms with Crippen LogP contribution in [0.3, 0.4) is 0 Å². The molecular formula is C20H20BrNO2.